The highest BCUT2D eigenvalue weighted by Gasteiger charge is 2.23. The third kappa shape index (κ3) is 7.66. The Bertz CT molecular complexity index is 1010. The molecule has 1 aromatic heterocycles. The first-order valence-corrected chi connectivity index (χ1v) is 10.9. The molecule has 0 bridgehead atoms. The molecule has 1 heterocycles. The molecule has 3 N–H and O–H groups in total. The molecule has 170 valence electrons. The van der Waals surface area contributed by atoms with Gasteiger partial charge in [-0.3, -0.25) is 14.9 Å². The minimum Gasteiger partial charge on any atom is -0.452 e. The highest BCUT2D eigenvalue weighted by atomic mass is 32.1. The van der Waals surface area contributed by atoms with Crippen molar-refractivity contribution in [3.05, 3.63) is 52.9 Å². The smallest absolute Gasteiger partial charge is 0.342 e. The summed E-state index contributed by atoms with van der Waals surface area (Å²) in [4.78, 5) is 48.8. The van der Waals surface area contributed by atoms with Crippen molar-refractivity contribution >= 4 is 40.2 Å². The van der Waals surface area contributed by atoms with Crippen LogP contribution in [0.3, 0.4) is 0 Å². The summed E-state index contributed by atoms with van der Waals surface area (Å²) in [5, 5.41) is 9.40. The van der Waals surface area contributed by atoms with Gasteiger partial charge in [0.25, 0.3) is 5.91 Å². The van der Waals surface area contributed by atoms with Crippen molar-refractivity contribution in [3.63, 3.8) is 0 Å². The predicted octanol–water partition coefficient (Wildman–Crippen LogP) is 3.96. The third-order valence-electron chi connectivity index (χ3n) is 3.99. The maximum atomic E-state index is 12.9. The number of allylic oxidation sites excluding steroid dienone is 1. The molecule has 0 radical (unpaired) electrons. The van der Waals surface area contributed by atoms with E-state index in [0.717, 1.165) is 11.1 Å². The second-order valence-electron chi connectivity index (χ2n) is 7.66. The highest BCUT2D eigenvalue weighted by molar-refractivity contribution is 7.15. The van der Waals surface area contributed by atoms with E-state index < -0.39 is 24.5 Å². The molecule has 9 heteroatoms. The lowest BCUT2D eigenvalue weighted by molar-refractivity contribution is -0.123. The van der Waals surface area contributed by atoms with E-state index >= 15 is 0 Å². The van der Waals surface area contributed by atoms with Crippen molar-refractivity contribution in [1.82, 2.24) is 10.6 Å². The Balaban J connectivity index is 2.16. The minimum atomic E-state index is -0.782. The third-order valence-corrected chi connectivity index (χ3v) is 4.89. The van der Waals surface area contributed by atoms with Crippen LogP contribution in [-0.4, -0.2) is 37.0 Å². The maximum absolute atomic E-state index is 12.9. The fourth-order valence-electron chi connectivity index (χ4n) is 2.60. The Hall–Kier alpha value is -3.46. The van der Waals surface area contributed by atoms with E-state index in [1.165, 1.54) is 17.4 Å². The molecule has 0 fully saturated rings. The first kappa shape index (κ1) is 24.8. The van der Waals surface area contributed by atoms with Gasteiger partial charge in [0, 0.05) is 23.6 Å². The van der Waals surface area contributed by atoms with Gasteiger partial charge >= 0.3 is 12.0 Å². The van der Waals surface area contributed by atoms with Gasteiger partial charge in [-0.2, -0.15) is 0 Å². The van der Waals surface area contributed by atoms with Crippen molar-refractivity contribution < 1.29 is 23.9 Å². The van der Waals surface area contributed by atoms with Crippen LogP contribution in [0.4, 0.5) is 9.80 Å². The minimum absolute atomic E-state index is 0.147. The normalized spacial score (nSPS) is 10.3. The van der Waals surface area contributed by atoms with Crippen molar-refractivity contribution in [2.75, 3.05) is 18.5 Å². The van der Waals surface area contributed by atoms with Crippen LogP contribution in [0.2, 0.25) is 0 Å². The van der Waals surface area contributed by atoms with Crippen LogP contribution in [-0.2, 0) is 14.3 Å². The van der Waals surface area contributed by atoms with Crippen LogP contribution in [0.1, 0.15) is 38.1 Å². The number of thiophene rings is 1. The van der Waals surface area contributed by atoms with Crippen molar-refractivity contribution in [1.29, 1.82) is 0 Å². The molecule has 1 aromatic carbocycles. The maximum Gasteiger partial charge on any atom is 0.342 e. The van der Waals surface area contributed by atoms with Gasteiger partial charge in [0.1, 0.15) is 10.6 Å². The van der Waals surface area contributed by atoms with Gasteiger partial charge in [-0.1, -0.05) is 49.8 Å². The lowest BCUT2D eigenvalue weighted by atomic mass is 10.0. The van der Waals surface area contributed by atoms with Gasteiger partial charge in [0.05, 0.1) is 0 Å². The molecule has 8 nitrogen and oxygen atoms in total. The molecule has 0 aliphatic carbocycles. The standard InChI is InChI=1S/C23H27N3O5S/c1-14(2)10-18(27)25-21-20(17(13-32-21)16-8-6-5-7-9-16)22(29)31-12-19(28)26-23(30)24-11-15(3)4/h5-10,13,15H,11-12H2,1-4H3,(H,25,27)(H2,24,26,28,30). The quantitative estimate of drug-likeness (QED) is 0.410. The molecule has 0 saturated heterocycles. The summed E-state index contributed by atoms with van der Waals surface area (Å²) in [5.41, 5.74) is 2.28. The largest absolute Gasteiger partial charge is 0.452 e. The molecule has 4 amide bonds. The zero-order valence-electron chi connectivity index (χ0n) is 18.5. The Morgan fingerprint density at radius 1 is 1.09 bits per heavy atom. The molecule has 2 aromatic rings. The van der Waals surface area contributed by atoms with Gasteiger partial charge in [-0.25, -0.2) is 9.59 Å². The molecule has 0 atom stereocenters. The SMILES string of the molecule is CC(C)=CC(=O)Nc1scc(-c2ccccc2)c1C(=O)OCC(=O)NC(=O)NCC(C)C. The van der Waals surface area contributed by atoms with E-state index in [0.29, 0.717) is 17.1 Å². The first-order chi connectivity index (χ1) is 15.2. The predicted molar refractivity (Wildman–Crippen MR) is 124 cm³/mol. The lowest BCUT2D eigenvalue weighted by Gasteiger charge is -2.10. The van der Waals surface area contributed by atoms with Crippen molar-refractivity contribution in [3.8, 4) is 11.1 Å². The lowest BCUT2D eigenvalue weighted by Crippen LogP contribution is -2.42. The molecule has 0 unspecified atom stereocenters. The summed E-state index contributed by atoms with van der Waals surface area (Å²) < 4.78 is 5.15. The molecule has 32 heavy (non-hydrogen) atoms. The van der Waals surface area contributed by atoms with Crippen LogP contribution in [0.5, 0.6) is 0 Å². The summed E-state index contributed by atoms with van der Waals surface area (Å²) in [6.45, 7) is 7.18. The molecule has 0 aliphatic rings. The monoisotopic (exact) mass is 457 g/mol. The van der Waals surface area contributed by atoms with Gasteiger partial charge in [-0.15, -0.1) is 11.3 Å². The average Bonchev–Trinajstić information content (AvgIpc) is 3.14. The second-order valence-corrected chi connectivity index (χ2v) is 8.54. The summed E-state index contributed by atoms with van der Waals surface area (Å²) in [6.07, 6.45) is 1.42. The summed E-state index contributed by atoms with van der Waals surface area (Å²) in [7, 11) is 0. The molecular weight excluding hydrogens is 430 g/mol. The first-order valence-electron chi connectivity index (χ1n) is 10.0. The summed E-state index contributed by atoms with van der Waals surface area (Å²) in [5.74, 6) is -1.69. The Kier molecular flexibility index (Phi) is 9.15. The molecule has 2 rings (SSSR count). The number of urea groups is 1. The van der Waals surface area contributed by atoms with E-state index in [4.69, 9.17) is 4.74 Å². The Morgan fingerprint density at radius 3 is 2.41 bits per heavy atom. The highest BCUT2D eigenvalue weighted by Crippen LogP contribution is 2.36. The number of benzene rings is 1. The van der Waals surface area contributed by atoms with Crippen LogP contribution in [0.25, 0.3) is 11.1 Å². The molecule has 0 spiro atoms. The number of anilines is 1. The fourth-order valence-corrected chi connectivity index (χ4v) is 3.56. The summed E-state index contributed by atoms with van der Waals surface area (Å²) in [6, 6.07) is 8.49. The van der Waals surface area contributed by atoms with Gasteiger partial charge in [0.2, 0.25) is 5.91 Å². The average molecular weight is 458 g/mol. The van der Waals surface area contributed by atoms with Crippen LogP contribution < -0.4 is 16.0 Å². The topological polar surface area (TPSA) is 114 Å². The van der Waals surface area contributed by atoms with Crippen molar-refractivity contribution in [2.24, 2.45) is 5.92 Å². The van der Waals surface area contributed by atoms with E-state index in [1.807, 2.05) is 44.2 Å². The Labute approximate surface area is 191 Å². The van der Waals surface area contributed by atoms with Gasteiger partial charge < -0.3 is 15.4 Å². The zero-order chi connectivity index (χ0) is 23.7. The van der Waals surface area contributed by atoms with Gasteiger partial charge in [0.15, 0.2) is 6.61 Å². The number of ether oxygens (including phenoxy) is 1. The van der Waals surface area contributed by atoms with E-state index in [9.17, 15) is 19.2 Å². The number of carbonyl (C=O) groups is 4. The number of imide groups is 1. The molecule has 0 saturated carbocycles. The van der Waals surface area contributed by atoms with Crippen LogP contribution in [0, 0.1) is 5.92 Å². The van der Waals surface area contributed by atoms with E-state index in [1.54, 1.807) is 19.2 Å². The molecular formula is C23H27N3O5S. The Morgan fingerprint density at radius 2 is 1.78 bits per heavy atom. The number of hydrogen-bond acceptors (Lipinski definition) is 6. The van der Waals surface area contributed by atoms with E-state index in [-0.39, 0.29) is 17.4 Å². The van der Waals surface area contributed by atoms with E-state index in [2.05, 4.69) is 16.0 Å². The second kappa shape index (κ2) is 11.8. The number of hydrogen-bond donors (Lipinski definition) is 3. The van der Waals surface area contributed by atoms with Crippen molar-refractivity contribution in [2.45, 2.75) is 27.7 Å². The zero-order valence-corrected chi connectivity index (χ0v) is 19.3. The number of amides is 4. The molecule has 0 aliphatic heterocycles. The fraction of sp³-hybridized carbons (Fsp3) is 0.304. The number of carbonyl (C=O) groups excluding carboxylic acids is 4. The van der Waals surface area contributed by atoms with Gasteiger partial charge in [-0.05, 0) is 25.3 Å². The number of esters is 1. The number of nitrogens with one attached hydrogen (secondary N) is 3. The number of rotatable bonds is 8. The summed E-state index contributed by atoms with van der Waals surface area (Å²) >= 11 is 1.18. The van der Waals surface area contributed by atoms with Crippen LogP contribution >= 0.6 is 11.3 Å². The van der Waals surface area contributed by atoms with Crippen LogP contribution in [0.15, 0.2) is 47.4 Å².